The van der Waals surface area contributed by atoms with Gasteiger partial charge in [-0.25, -0.2) is 9.97 Å². The van der Waals surface area contributed by atoms with Gasteiger partial charge in [-0.05, 0) is 19.3 Å². The first-order valence-corrected chi connectivity index (χ1v) is 5.36. The molecule has 5 nitrogen and oxygen atoms in total. The Bertz CT molecular complexity index is 610. The number of H-pyrrole nitrogens is 2. The van der Waals surface area contributed by atoms with Crippen molar-refractivity contribution in [2.24, 2.45) is 0 Å². The van der Waals surface area contributed by atoms with Crippen LogP contribution in [0.1, 0.15) is 31.0 Å². The molecule has 2 N–H and O–H groups in total. The van der Waals surface area contributed by atoms with E-state index in [1.54, 1.807) is 0 Å². The Labute approximate surface area is 91.6 Å². The summed E-state index contributed by atoms with van der Waals surface area (Å²) in [6, 6.07) is 0. The Balaban J connectivity index is 2.15. The van der Waals surface area contributed by atoms with E-state index in [1.165, 1.54) is 11.9 Å². The summed E-state index contributed by atoms with van der Waals surface area (Å²) in [4.78, 5) is 25.5. The van der Waals surface area contributed by atoms with Crippen molar-refractivity contribution >= 4 is 11.2 Å². The number of nitrogens with one attached hydrogen (secondary N) is 2. The van der Waals surface area contributed by atoms with E-state index in [0.717, 1.165) is 25.1 Å². The van der Waals surface area contributed by atoms with Gasteiger partial charge in [-0.15, -0.1) is 0 Å². The van der Waals surface area contributed by atoms with E-state index in [-0.39, 0.29) is 11.5 Å². The lowest BCUT2D eigenvalue weighted by Gasteiger charge is -2.05. The summed E-state index contributed by atoms with van der Waals surface area (Å²) in [6.45, 7) is 4.04. The highest BCUT2D eigenvalue weighted by atomic mass is 16.1. The third kappa shape index (κ3) is 1.28. The number of hydrogen-bond acceptors (Lipinski definition) is 3. The van der Waals surface area contributed by atoms with Gasteiger partial charge in [0.25, 0.3) is 5.56 Å². The van der Waals surface area contributed by atoms with Crippen LogP contribution in [0.25, 0.3) is 11.2 Å². The number of aromatic nitrogens is 4. The highest BCUT2D eigenvalue weighted by Gasteiger charge is 2.24. The first-order chi connectivity index (χ1) is 7.75. The number of imidazole rings is 1. The van der Waals surface area contributed by atoms with Gasteiger partial charge in [-0.1, -0.05) is 12.2 Å². The molecular weight excluding hydrogens is 204 g/mol. The van der Waals surface area contributed by atoms with Crippen LogP contribution in [0.3, 0.4) is 0 Å². The molecule has 1 atom stereocenters. The minimum absolute atomic E-state index is 0.174. The monoisotopic (exact) mass is 216 g/mol. The van der Waals surface area contributed by atoms with Gasteiger partial charge in [0.2, 0.25) is 0 Å². The number of nitrogens with zero attached hydrogens (tertiary/aromatic N) is 2. The van der Waals surface area contributed by atoms with E-state index in [2.05, 4.69) is 26.5 Å². The zero-order chi connectivity index (χ0) is 11.1. The van der Waals surface area contributed by atoms with Crippen molar-refractivity contribution in [2.75, 3.05) is 0 Å². The Morgan fingerprint density at radius 2 is 2.38 bits per heavy atom. The van der Waals surface area contributed by atoms with Gasteiger partial charge in [0.05, 0.1) is 6.33 Å². The largest absolute Gasteiger partial charge is 0.336 e. The summed E-state index contributed by atoms with van der Waals surface area (Å²) >= 11 is 0. The lowest BCUT2D eigenvalue weighted by molar-refractivity contribution is 0.751. The van der Waals surface area contributed by atoms with Crippen LogP contribution < -0.4 is 5.56 Å². The van der Waals surface area contributed by atoms with Crippen molar-refractivity contribution in [1.82, 2.24) is 19.9 Å². The summed E-state index contributed by atoms with van der Waals surface area (Å²) in [5, 5.41) is 0. The summed E-state index contributed by atoms with van der Waals surface area (Å²) in [6.07, 6.45) is 4.62. The lowest BCUT2D eigenvalue weighted by Crippen LogP contribution is -2.05. The van der Waals surface area contributed by atoms with Gasteiger partial charge in [0.15, 0.2) is 11.2 Å². The number of hydrogen-bond donors (Lipinski definition) is 2. The van der Waals surface area contributed by atoms with E-state index < -0.39 is 0 Å². The zero-order valence-corrected chi connectivity index (χ0v) is 8.79. The van der Waals surface area contributed by atoms with Crippen LogP contribution in [0, 0.1) is 0 Å². The lowest BCUT2D eigenvalue weighted by atomic mass is 10.0. The van der Waals surface area contributed by atoms with Crippen LogP contribution in [0.15, 0.2) is 23.3 Å². The van der Waals surface area contributed by atoms with Crippen LogP contribution >= 0.6 is 0 Å². The number of allylic oxidation sites excluding steroid dienone is 1. The van der Waals surface area contributed by atoms with E-state index in [9.17, 15) is 4.79 Å². The number of aromatic amines is 2. The molecule has 3 rings (SSSR count). The fraction of sp³-hybridized carbons (Fsp3) is 0.364. The molecule has 0 aromatic carbocycles. The molecule has 0 radical (unpaired) electrons. The first kappa shape index (κ1) is 9.33. The minimum atomic E-state index is -0.174. The SMILES string of the molecule is C=C1CCCC1c1nc2nc[nH]c(=O)c2[nH]1. The fourth-order valence-corrected chi connectivity index (χ4v) is 2.26. The van der Waals surface area contributed by atoms with Gasteiger partial charge in [0, 0.05) is 5.92 Å². The molecule has 1 aliphatic rings. The highest BCUT2D eigenvalue weighted by molar-refractivity contribution is 5.68. The average molecular weight is 216 g/mol. The molecule has 0 amide bonds. The zero-order valence-electron chi connectivity index (χ0n) is 8.79. The third-order valence-electron chi connectivity index (χ3n) is 3.13. The summed E-state index contributed by atoms with van der Waals surface area (Å²) in [5.74, 6) is 1.08. The van der Waals surface area contributed by atoms with Crippen molar-refractivity contribution in [1.29, 1.82) is 0 Å². The van der Waals surface area contributed by atoms with Crippen LogP contribution in [0.5, 0.6) is 0 Å². The Hall–Kier alpha value is -1.91. The Morgan fingerprint density at radius 3 is 3.06 bits per heavy atom. The van der Waals surface area contributed by atoms with Crippen molar-refractivity contribution in [3.05, 3.63) is 34.7 Å². The first-order valence-electron chi connectivity index (χ1n) is 5.36. The average Bonchev–Trinajstić information content (AvgIpc) is 2.84. The van der Waals surface area contributed by atoms with Gasteiger partial charge in [0.1, 0.15) is 5.82 Å². The van der Waals surface area contributed by atoms with Crippen molar-refractivity contribution in [2.45, 2.75) is 25.2 Å². The van der Waals surface area contributed by atoms with Gasteiger partial charge in [-0.3, -0.25) is 4.79 Å². The minimum Gasteiger partial charge on any atom is -0.336 e. The van der Waals surface area contributed by atoms with E-state index in [1.807, 2.05) is 0 Å². The summed E-state index contributed by atoms with van der Waals surface area (Å²) < 4.78 is 0. The molecule has 0 aliphatic heterocycles. The molecule has 2 aromatic rings. The van der Waals surface area contributed by atoms with Gasteiger partial charge in [-0.2, -0.15) is 0 Å². The summed E-state index contributed by atoms with van der Waals surface area (Å²) in [7, 11) is 0. The second-order valence-electron chi connectivity index (χ2n) is 4.16. The number of rotatable bonds is 1. The maximum atomic E-state index is 11.5. The Morgan fingerprint density at radius 1 is 1.50 bits per heavy atom. The standard InChI is InChI=1S/C11H12N4O/c1-6-3-2-4-7(6)9-14-8-10(15-9)12-5-13-11(8)16/h5,7H,1-4H2,(H2,12,13,14,15,16). The van der Waals surface area contributed by atoms with Crippen molar-refractivity contribution < 1.29 is 0 Å². The molecular formula is C11H12N4O. The molecule has 0 bridgehead atoms. The summed E-state index contributed by atoms with van der Waals surface area (Å²) in [5.41, 5.74) is 1.96. The molecule has 1 aliphatic carbocycles. The maximum Gasteiger partial charge on any atom is 0.276 e. The molecule has 0 spiro atoms. The third-order valence-corrected chi connectivity index (χ3v) is 3.13. The fourth-order valence-electron chi connectivity index (χ4n) is 2.26. The molecule has 16 heavy (non-hydrogen) atoms. The second-order valence-corrected chi connectivity index (χ2v) is 4.16. The second kappa shape index (κ2) is 3.30. The van der Waals surface area contributed by atoms with Crippen LogP contribution in [0.4, 0.5) is 0 Å². The van der Waals surface area contributed by atoms with Crippen LogP contribution in [-0.4, -0.2) is 19.9 Å². The Kier molecular flexibility index (Phi) is 1.92. The van der Waals surface area contributed by atoms with Crippen LogP contribution in [0.2, 0.25) is 0 Å². The predicted octanol–water partition coefficient (Wildman–Crippen LogP) is 1.47. The quantitative estimate of drug-likeness (QED) is 0.709. The van der Waals surface area contributed by atoms with E-state index >= 15 is 0 Å². The predicted molar refractivity (Wildman–Crippen MR) is 60.2 cm³/mol. The topological polar surface area (TPSA) is 74.4 Å². The van der Waals surface area contributed by atoms with Gasteiger partial charge >= 0.3 is 0 Å². The van der Waals surface area contributed by atoms with E-state index in [4.69, 9.17) is 0 Å². The highest BCUT2D eigenvalue weighted by Crippen LogP contribution is 2.36. The molecule has 2 heterocycles. The molecule has 2 aromatic heterocycles. The molecule has 0 saturated heterocycles. The van der Waals surface area contributed by atoms with E-state index in [0.29, 0.717) is 11.2 Å². The maximum absolute atomic E-state index is 11.5. The van der Waals surface area contributed by atoms with Crippen molar-refractivity contribution in [3.8, 4) is 0 Å². The molecule has 82 valence electrons. The molecule has 1 fully saturated rings. The van der Waals surface area contributed by atoms with Gasteiger partial charge < -0.3 is 9.97 Å². The number of fused-ring (bicyclic) bond motifs is 1. The molecule has 1 saturated carbocycles. The molecule has 1 unspecified atom stereocenters. The molecule has 5 heteroatoms. The van der Waals surface area contributed by atoms with Crippen LogP contribution in [-0.2, 0) is 0 Å². The smallest absolute Gasteiger partial charge is 0.276 e. The van der Waals surface area contributed by atoms with Crippen molar-refractivity contribution in [3.63, 3.8) is 0 Å². The normalized spacial score (nSPS) is 20.8.